The predicted octanol–water partition coefficient (Wildman–Crippen LogP) is 3.22. The molecule has 33 heavy (non-hydrogen) atoms. The molecule has 9 nitrogen and oxygen atoms in total. The molecule has 1 amide bonds. The summed E-state index contributed by atoms with van der Waals surface area (Å²) in [5.41, 5.74) is 5.33. The van der Waals surface area contributed by atoms with Crippen LogP contribution in [0.25, 0.3) is 0 Å². The van der Waals surface area contributed by atoms with E-state index in [4.69, 9.17) is 4.74 Å². The lowest BCUT2D eigenvalue weighted by Gasteiger charge is -2.37. The molecule has 0 unspecified atom stereocenters. The number of pyridine rings is 1. The van der Waals surface area contributed by atoms with E-state index in [1.54, 1.807) is 31.5 Å². The molecule has 0 aliphatic carbocycles. The van der Waals surface area contributed by atoms with Gasteiger partial charge in [-0.25, -0.2) is 10.1 Å². The Morgan fingerprint density at radius 2 is 2.12 bits per heavy atom. The van der Waals surface area contributed by atoms with Crippen molar-refractivity contribution in [2.75, 3.05) is 43.7 Å². The SMILES string of the molecule is C=Nc1ccccc1NN(C)/N=C(\C=C\C)NC(=O)c1ccc(N2CCC3(COC3)C2)nc1. The second kappa shape index (κ2) is 9.83. The zero-order valence-corrected chi connectivity index (χ0v) is 19.0. The summed E-state index contributed by atoms with van der Waals surface area (Å²) < 4.78 is 5.39. The lowest BCUT2D eigenvalue weighted by molar-refractivity contribution is -0.0985. The number of carbonyl (C=O) groups is 1. The lowest BCUT2D eigenvalue weighted by Crippen LogP contribution is -2.44. The zero-order chi connectivity index (χ0) is 23.3. The molecule has 1 aromatic carbocycles. The molecule has 0 atom stereocenters. The minimum Gasteiger partial charge on any atom is -0.380 e. The number of allylic oxidation sites excluding steroid dienone is 1. The van der Waals surface area contributed by atoms with Gasteiger partial charge in [0, 0.05) is 31.7 Å². The van der Waals surface area contributed by atoms with E-state index in [9.17, 15) is 4.79 Å². The fourth-order valence-corrected chi connectivity index (χ4v) is 3.98. The van der Waals surface area contributed by atoms with Crippen molar-refractivity contribution in [1.82, 2.24) is 15.4 Å². The molecule has 0 radical (unpaired) electrons. The standard InChI is InChI=1S/C24H29N7O2/c1-4-7-21(29-30(3)28-20-9-6-5-8-19(20)25-2)27-23(32)18-10-11-22(26-14-18)31-13-12-24(15-31)16-33-17-24/h4-11,14,28H,2,12-13,15-17H2,1,3H3,(H,27,29,32)/b7-4+. The van der Waals surface area contributed by atoms with Crippen molar-refractivity contribution < 1.29 is 9.53 Å². The topological polar surface area (TPSA) is 94.5 Å². The average molecular weight is 448 g/mol. The molecule has 3 heterocycles. The Bertz CT molecular complexity index is 1060. The molecule has 1 aromatic heterocycles. The number of para-hydroxylation sites is 2. The summed E-state index contributed by atoms with van der Waals surface area (Å²) in [4.78, 5) is 23.6. The molecule has 1 spiro atoms. The Balaban J connectivity index is 1.40. The highest BCUT2D eigenvalue weighted by molar-refractivity contribution is 6.10. The van der Waals surface area contributed by atoms with Crippen molar-refractivity contribution in [3.63, 3.8) is 0 Å². The van der Waals surface area contributed by atoms with Crippen LogP contribution in [0.3, 0.4) is 0 Å². The van der Waals surface area contributed by atoms with Crippen molar-refractivity contribution >= 4 is 35.7 Å². The van der Waals surface area contributed by atoms with E-state index in [2.05, 4.69) is 37.4 Å². The number of anilines is 2. The third-order valence-electron chi connectivity index (χ3n) is 5.77. The molecule has 2 saturated heterocycles. The van der Waals surface area contributed by atoms with Crippen LogP contribution in [0.15, 0.2) is 64.8 Å². The monoisotopic (exact) mass is 447 g/mol. The van der Waals surface area contributed by atoms with Crippen molar-refractivity contribution in [1.29, 1.82) is 0 Å². The number of amidine groups is 1. The number of hydrogen-bond acceptors (Lipinski definition) is 8. The maximum Gasteiger partial charge on any atom is 0.258 e. The van der Waals surface area contributed by atoms with Crippen LogP contribution < -0.4 is 15.6 Å². The van der Waals surface area contributed by atoms with Crippen molar-refractivity contribution in [2.45, 2.75) is 13.3 Å². The normalized spacial score (nSPS) is 17.2. The molecule has 2 aliphatic heterocycles. The van der Waals surface area contributed by atoms with E-state index in [0.29, 0.717) is 17.1 Å². The summed E-state index contributed by atoms with van der Waals surface area (Å²) in [5, 5.41) is 8.78. The maximum absolute atomic E-state index is 12.8. The molecule has 2 aliphatic rings. The van der Waals surface area contributed by atoms with E-state index < -0.39 is 0 Å². The number of benzene rings is 1. The third kappa shape index (κ3) is 5.20. The van der Waals surface area contributed by atoms with E-state index in [1.807, 2.05) is 37.3 Å². The van der Waals surface area contributed by atoms with Gasteiger partial charge < -0.3 is 15.0 Å². The molecule has 9 heteroatoms. The molecule has 0 saturated carbocycles. The molecule has 2 aromatic rings. The fraction of sp³-hybridized carbons (Fsp3) is 0.333. The largest absolute Gasteiger partial charge is 0.380 e. The number of amides is 1. The number of aliphatic imine (C=N–C) groups is 1. The van der Waals surface area contributed by atoms with Gasteiger partial charge in [-0.15, -0.1) is 5.10 Å². The summed E-state index contributed by atoms with van der Waals surface area (Å²) in [6.45, 7) is 9.01. The fourth-order valence-electron chi connectivity index (χ4n) is 3.98. The average Bonchev–Trinajstić information content (AvgIpc) is 3.26. The summed E-state index contributed by atoms with van der Waals surface area (Å²) in [7, 11) is 1.74. The lowest BCUT2D eigenvalue weighted by atomic mass is 9.85. The molecule has 2 N–H and O–H groups in total. The van der Waals surface area contributed by atoms with E-state index >= 15 is 0 Å². The molecule has 172 valence electrons. The van der Waals surface area contributed by atoms with Crippen LogP contribution in [0.1, 0.15) is 23.7 Å². The Labute approximate surface area is 193 Å². The van der Waals surface area contributed by atoms with Crippen molar-refractivity contribution in [3.05, 3.63) is 60.3 Å². The van der Waals surface area contributed by atoms with Crippen LogP contribution in [0.2, 0.25) is 0 Å². The van der Waals surface area contributed by atoms with Gasteiger partial charge in [-0.1, -0.05) is 18.2 Å². The van der Waals surface area contributed by atoms with Crippen LogP contribution in [0, 0.1) is 5.41 Å². The zero-order valence-electron chi connectivity index (χ0n) is 19.0. The van der Waals surface area contributed by atoms with Gasteiger partial charge in [0.15, 0.2) is 5.84 Å². The van der Waals surface area contributed by atoms with Crippen LogP contribution in [0.5, 0.6) is 0 Å². The summed E-state index contributed by atoms with van der Waals surface area (Å²) in [6.07, 6.45) is 6.25. The Morgan fingerprint density at radius 1 is 1.30 bits per heavy atom. The summed E-state index contributed by atoms with van der Waals surface area (Å²) in [5.74, 6) is 0.992. The Morgan fingerprint density at radius 3 is 2.76 bits per heavy atom. The first-order valence-electron chi connectivity index (χ1n) is 10.9. The van der Waals surface area contributed by atoms with Gasteiger partial charge in [-0.05, 0) is 50.4 Å². The predicted molar refractivity (Wildman–Crippen MR) is 131 cm³/mol. The first kappa shape index (κ1) is 22.5. The number of nitrogens with zero attached hydrogens (tertiary/aromatic N) is 5. The first-order valence-corrected chi connectivity index (χ1v) is 10.9. The Kier molecular flexibility index (Phi) is 6.69. The highest BCUT2D eigenvalue weighted by Gasteiger charge is 2.44. The minimum absolute atomic E-state index is 0.280. The van der Waals surface area contributed by atoms with Gasteiger partial charge in [0.25, 0.3) is 5.91 Å². The number of ether oxygens (including phenoxy) is 1. The molecule has 2 fully saturated rings. The smallest absolute Gasteiger partial charge is 0.258 e. The van der Waals surface area contributed by atoms with Gasteiger partial charge in [0.05, 0.1) is 30.2 Å². The number of hydrogen-bond donors (Lipinski definition) is 2. The van der Waals surface area contributed by atoms with Gasteiger partial charge in [0.2, 0.25) is 0 Å². The van der Waals surface area contributed by atoms with Crippen LogP contribution in [-0.4, -0.2) is 61.9 Å². The molecular formula is C24H29N7O2. The van der Waals surface area contributed by atoms with E-state index in [1.165, 1.54) is 5.12 Å². The first-order chi connectivity index (χ1) is 16.0. The number of aromatic nitrogens is 1. The summed E-state index contributed by atoms with van der Waals surface area (Å²) >= 11 is 0. The van der Waals surface area contributed by atoms with E-state index in [0.717, 1.165) is 44.2 Å². The van der Waals surface area contributed by atoms with Crippen LogP contribution in [0.4, 0.5) is 17.2 Å². The van der Waals surface area contributed by atoms with E-state index in [-0.39, 0.29) is 11.3 Å². The number of carbonyl (C=O) groups excluding carboxylic acids is 1. The number of hydrazine groups is 1. The number of hydrazone groups is 1. The Hall–Kier alpha value is -3.72. The second-order valence-corrected chi connectivity index (χ2v) is 8.32. The van der Waals surface area contributed by atoms with Gasteiger partial charge in [0.1, 0.15) is 5.82 Å². The van der Waals surface area contributed by atoms with Crippen LogP contribution >= 0.6 is 0 Å². The summed E-state index contributed by atoms with van der Waals surface area (Å²) in [6, 6.07) is 11.2. The second-order valence-electron chi connectivity index (χ2n) is 8.32. The quantitative estimate of drug-likeness (QED) is 0.385. The molecule has 0 bridgehead atoms. The highest BCUT2D eigenvalue weighted by Crippen LogP contribution is 2.38. The third-order valence-corrected chi connectivity index (χ3v) is 5.77. The molecule has 4 rings (SSSR count). The number of rotatable bonds is 7. The van der Waals surface area contributed by atoms with Gasteiger partial charge in [-0.2, -0.15) is 0 Å². The highest BCUT2D eigenvalue weighted by atomic mass is 16.5. The van der Waals surface area contributed by atoms with Crippen molar-refractivity contribution in [2.24, 2.45) is 15.5 Å². The minimum atomic E-state index is -0.280. The van der Waals surface area contributed by atoms with Gasteiger partial charge >= 0.3 is 0 Å². The van der Waals surface area contributed by atoms with Gasteiger partial charge in [-0.3, -0.25) is 15.2 Å². The van der Waals surface area contributed by atoms with Crippen LogP contribution in [-0.2, 0) is 4.74 Å². The maximum atomic E-state index is 12.8. The molecular weight excluding hydrogens is 418 g/mol. The number of nitrogens with one attached hydrogen (secondary N) is 2. The van der Waals surface area contributed by atoms with Crippen molar-refractivity contribution in [3.8, 4) is 0 Å².